The fraction of sp³-hybridized carbons (Fsp3) is 0.231. The minimum absolute atomic E-state index is 0.109. The predicted molar refractivity (Wildman–Crippen MR) is 144 cm³/mol. The number of carbonyl (C=O) groups is 2. The van der Waals surface area contributed by atoms with Gasteiger partial charge in [-0.05, 0) is 24.6 Å². The van der Waals surface area contributed by atoms with Crippen LogP contribution in [0.15, 0.2) is 65.8 Å². The lowest BCUT2D eigenvalue weighted by Gasteiger charge is -2.09. The second-order valence-corrected chi connectivity index (χ2v) is 9.96. The summed E-state index contributed by atoms with van der Waals surface area (Å²) < 4.78 is 9.00. The Morgan fingerprint density at radius 3 is 2.67 bits per heavy atom. The van der Waals surface area contributed by atoms with Crippen LogP contribution in [0.25, 0.3) is 11.1 Å². The molecule has 0 saturated carbocycles. The number of hydrogen-bond donors (Lipinski definition) is 1. The number of nitrogens with one attached hydrogen (secondary N) is 1. The average Bonchev–Trinajstić information content (AvgIpc) is 3.58. The molecule has 36 heavy (non-hydrogen) atoms. The van der Waals surface area contributed by atoms with Crippen LogP contribution >= 0.6 is 23.1 Å². The monoisotopic (exact) mass is 521 g/mol. The van der Waals surface area contributed by atoms with Crippen molar-refractivity contribution >= 4 is 40.0 Å². The zero-order chi connectivity index (χ0) is 25.7. The molecule has 186 valence electrons. The molecule has 0 aliphatic carbocycles. The highest BCUT2D eigenvalue weighted by atomic mass is 32.2. The molecule has 0 fully saturated rings. The normalized spacial score (nSPS) is 10.9. The van der Waals surface area contributed by atoms with E-state index in [9.17, 15) is 9.59 Å². The molecule has 10 heteroatoms. The number of hydrogen-bond acceptors (Lipinski definition) is 7. The van der Waals surface area contributed by atoms with E-state index >= 15 is 0 Å². The lowest BCUT2D eigenvalue weighted by molar-refractivity contribution is -0.113. The van der Waals surface area contributed by atoms with Crippen LogP contribution < -0.4 is 5.32 Å². The number of ether oxygens (including phenoxy) is 1. The number of anilines is 1. The Morgan fingerprint density at radius 1 is 1.22 bits per heavy atom. The number of amides is 1. The third kappa shape index (κ3) is 5.60. The van der Waals surface area contributed by atoms with Crippen molar-refractivity contribution in [3.8, 4) is 11.1 Å². The van der Waals surface area contributed by atoms with E-state index in [1.165, 1.54) is 30.2 Å². The summed E-state index contributed by atoms with van der Waals surface area (Å²) in [5.41, 5.74) is 4.19. The van der Waals surface area contributed by atoms with Crippen molar-refractivity contribution < 1.29 is 14.3 Å². The van der Waals surface area contributed by atoms with E-state index in [-0.39, 0.29) is 11.7 Å². The molecule has 4 rings (SSSR count). The van der Waals surface area contributed by atoms with E-state index in [1.54, 1.807) is 6.08 Å². The van der Waals surface area contributed by atoms with Gasteiger partial charge in [0.2, 0.25) is 5.91 Å². The van der Waals surface area contributed by atoms with Gasteiger partial charge in [-0.1, -0.05) is 47.7 Å². The fourth-order valence-corrected chi connectivity index (χ4v) is 5.44. The van der Waals surface area contributed by atoms with E-state index in [0.717, 1.165) is 28.2 Å². The minimum Gasteiger partial charge on any atom is -0.465 e. The summed E-state index contributed by atoms with van der Waals surface area (Å²) in [7, 11) is 3.32. The molecule has 3 heterocycles. The zero-order valence-electron chi connectivity index (χ0n) is 20.4. The Hall–Kier alpha value is -3.63. The smallest absolute Gasteiger partial charge is 0.341 e. The Morgan fingerprint density at radius 2 is 2.00 bits per heavy atom. The maximum absolute atomic E-state index is 12.9. The molecule has 0 atom stereocenters. The first-order valence-electron chi connectivity index (χ1n) is 11.2. The first-order chi connectivity index (χ1) is 17.4. The third-order valence-electron chi connectivity index (χ3n) is 5.62. The summed E-state index contributed by atoms with van der Waals surface area (Å²) in [6.07, 6.45) is 4.39. The third-order valence-corrected chi connectivity index (χ3v) is 7.49. The minimum atomic E-state index is -0.495. The molecule has 1 amide bonds. The Labute approximate surface area is 218 Å². The topological polar surface area (TPSA) is 91.0 Å². The lowest BCUT2D eigenvalue weighted by Crippen LogP contribution is -2.16. The van der Waals surface area contributed by atoms with Crippen LogP contribution in [0.5, 0.6) is 0 Å². The summed E-state index contributed by atoms with van der Waals surface area (Å²) in [6.45, 7) is 6.38. The predicted octanol–water partition coefficient (Wildman–Crippen LogP) is 4.95. The van der Waals surface area contributed by atoms with E-state index in [1.807, 2.05) is 71.1 Å². The van der Waals surface area contributed by atoms with Crippen molar-refractivity contribution in [2.24, 2.45) is 7.05 Å². The first kappa shape index (κ1) is 25.5. The summed E-state index contributed by atoms with van der Waals surface area (Å²) in [5, 5.41) is 14.5. The zero-order valence-corrected chi connectivity index (χ0v) is 22.0. The van der Waals surface area contributed by atoms with Crippen LogP contribution in [-0.2, 0) is 29.5 Å². The number of methoxy groups -OCH3 is 1. The number of thiophene rings is 1. The summed E-state index contributed by atoms with van der Waals surface area (Å²) >= 11 is 2.58. The highest BCUT2D eigenvalue weighted by Gasteiger charge is 2.23. The highest BCUT2D eigenvalue weighted by Crippen LogP contribution is 2.36. The number of allylic oxidation sites excluding steroid dienone is 1. The first-order valence-corrected chi connectivity index (χ1v) is 13.1. The van der Waals surface area contributed by atoms with Gasteiger partial charge < -0.3 is 19.2 Å². The molecule has 1 N–H and O–H groups in total. The molecule has 0 radical (unpaired) electrons. The summed E-state index contributed by atoms with van der Waals surface area (Å²) in [6, 6.07) is 11.9. The van der Waals surface area contributed by atoms with E-state index in [4.69, 9.17) is 4.74 Å². The van der Waals surface area contributed by atoms with Crippen molar-refractivity contribution in [1.29, 1.82) is 0 Å². The fourth-order valence-electron chi connectivity index (χ4n) is 3.70. The molecule has 0 bridgehead atoms. The molecule has 4 aromatic rings. The van der Waals surface area contributed by atoms with Crippen LogP contribution in [0.2, 0.25) is 0 Å². The number of aryl methyl sites for hydroxylation is 2. The van der Waals surface area contributed by atoms with Crippen molar-refractivity contribution in [2.75, 3.05) is 18.2 Å². The van der Waals surface area contributed by atoms with E-state index in [0.29, 0.717) is 28.7 Å². The Kier molecular flexibility index (Phi) is 8.07. The van der Waals surface area contributed by atoms with Crippen LogP contribution in [0, 0.1) is 6.92 Å². The molecular weight excluding hydrogens is 494 g/mol. The highest BCUT2D eigenvalue weighted by molar-refractivity contribution is 7.99. The van der Waals surface area contributed by atoms with Crippen molar-refractivity contribution in [3.63, 3.8) is 0 Å². The van der Waals surface area contributed by atoms with Crippen molar-refractivity contribution in [1.82, 2.24) is 19.3 Å². The molecule has 0 unspecified atom stereocenters. The van der Waals surface area contributed by atoms with Crippen molar-refractivity contribution in [3.05, 3.63) is 83.3 Å². The Balaban J connectivity index is 1.49. The van der Waals surface area contributed by atoms with Gasteiger partial charge in [-0.15, -0.1) is 28.1 Å². The molecule has 1 aromatic carbocycles. The number of carbonyl (C=O) groups excluding carboxylic acids is 2. The molecule has 8 nitrogen and oxygen atoms in total. The summed E-state index contributed by atoms with van der Waals surface area (Å²) in [4.78, 5) is 25.4. The number of nitrogens with zero attached hydrogens (tertiary/aromatic N) is 4. The van der Waals surface area contributed by atoms with E-state index in [2.05, 4.69) is 22.1 Å². The SMILES string of the molecule is C=CCn1c(Cc2cccn2C)nnc1SCC(=O)Nc1scc(-c2ccc(C)cc2)c1C(=O)OC. The molecule has 0 aliphatic rings. The van der Waals surface area contributed by atoms with Crippen LogP contribution in [0.4, 0.5) is 5.00 Å². The Bertz CT molecular complexity index is 1380. The van der Waals surface area contributed by atoms with Gasteiger partial charge in [0.15, 0.2) is 5.16 Å². The van der Waals surface area contributed by atoms with Gasteiger partial charge in [0.1, 0.15) is 16.4 Å². The number of aromatic nitrogens is 4. The number of esters is 1. The number of thioether (sulfide) groups is 1. The van der Waals surface area contributed by atoms with Crippen molar-refractivity contribution in [2.45, 2.75) is 25.0 Å². The van der Waals surface area contributed by atoms with E-state index < -0.39 is 5.97 Å². The largest absolute Gasteiger partial charge is 0.465 e. The molecule has 0 saturated heterocycles. The van der Waals surface area contributed by atoms with Gasteiger partial charge >= 0.3 is 5.97 Å². The quantitative estimate of drug-likeness (QED) is 0.180. The lowest BCUT2D eigenvalue weighted by atomic mass is 10.0. The molecular formula is C26H27N5O3S2. The average molecular weight is 522 g/mol. The van der Waals surface area contributed by atoms with Gasteiger partial charge in [-0.3, -0.25) is 4.79 Å². The van der Waals surface area contributed by atoms with Gasteiger partial charge in [0, 0.05) is 42.8 Å². The van der Waals surface area contributed by atoms with Crippen LogP contribution in [-0.4, -0.2) is 44.1 Å². The van der Waals surface area contributed by atoms with Crippen LogP contribution in [0.3, 0.4) is 0 Å². The molecule has 3 aromatic heterocycles. The molecule has 0 spiro atoms. The number of benzene rings is 1. The second-order valence-electron chi connectivity index (χ2n) is 8.13. The van der Waals surface area contributed by atoms with Gasteiger partial charge in [0.25, 0.3) is 0 Å². The second kappa shape index (κ2) is 11.4. The van der Waals surface area contributed by atoms with Crippen LogP contribution in [0.1, 0.15) is 27.4 Å². The van der Waals surface area contributed by atoms with Gasteiger partial charge in [-0.2, -0.15) is 0 Å². The van der Waals surface area contributed by atoms with Gasteiger partial charge in [0.05, 0.1) is 12.9 Å². The maximum atomic E-state index is 12.9. The maximum Gasteiger partial charge on any atom is 0.341 e. The standard InChI is InChI=1S/C26H27N5O3S2/c1-5-12-31-21(14-19-7-6-13-30(19)3)28-29-26(31)36-16-22(32)27-24-23(25(33)34-4)20(15-35-24)18-10-8-17(2)9-11-18/h5-11,13,15H,1,12,14,16H2,2-4H3,(H,27,32). The number of rotatable bonds is 10. The van der Waals surface area contributed by atoms with Gasteiger partial charge in [-0.25, -0.2) is 4.79 Å². The molecule has 0 aliphatic heterocycles. The summed E-state index contributed by atoms with van der Waals surface area (Å²) in [5.74, 6) is 0.164.